The maximum absolute atomic E-state index is 14.4. The largest absolute Gasteiger partial charge is 0.449 e. The summed E-state index contributed by atoms with van der Waals surface area (Å²) in [6, 6.07) is 3.23. The second-order valence-corrected chi connectivity index (χ2v) is 11.4. The molecule has 0 fully saturated rings. The smallest absolute Gasteiger partial charge is 0.423 e. The summed E-state index contributed by atoms with van der Waals surface area (Å²) in [7, 11) is 0. The van der Waals surface area contributed by atoms with E-state index in [1.807, 2.05) is 0 Å². The van der Waals surface area contributed by atoms with Crippen LogP contribution in [0.15, 0.2) is 24.3 Å². The molecule has 3 rings (SSSR count). The second-order valence-electron chi connectivity index (χ2n) is 5.51. The van der Waals surface area contributed by atoms with Crippen LogP contribution in [0.5, 0.6) is 23.0 Å². The number of rotatable bonds is 1. The number of ether oxygens (including phenoxy) is 2. The van der Waals surface area contributed by atoms with E-state index < -0.39 is 40.9 Å². The van der Waals surface area contributed by atoms with Crippen molar-refractivity contribution in [3.8, 4) is 23.0 Å². The van der Waals surface area contributed by atoms with Crippen LogP contribution in [0.3, 0.4) is 0 Å². The topological polar surface area (TPSA) is 18.5 Å². The average molecular weight is 380 g/mol. The molecule has 0 aromatic heterocycles. The molecule has 9 heteroatoms. The summed E-state index contributed by atoms with van der Waals surface area (Å²) in [4.78, 5) is 0. The van der Waals surface area contributed by atoms with Crippen LogP contribution in [0.4, 0.5) is 22.0 Å². The zero-order valence-electron chi connectivity index (χ0n) is 12.4. The van der Waals surface area contributed by atoms with Crippen LogP contribution in [0.25, 0.3) is 0 Å². The number of hydrogen-bond donors (Lipinski definition) is 0. The molecule has 0 bridgehead atoms. The molecule has 0 amide bonds. The van der Waals surface area contributed by atoms with E-state index in [0.29, 0.717) is 0 Å². The molecule has 0 radical (unpaired) electrons. The third-order valence-corrected chi connectivity index (χ3v) is 5.39. The molecule has 24 heavy (non-hydrogen) atoms. The Bertz CT molecular complexity index is 888. The molecular weight excluding hydrogens is 370 g/mol. The maximum atomic E-state index is 14.4. The first-order chi connectivity index (χ1) is 11.0. The van der Waals surface area contributed by atoms with Crippen LogP contribution >= 0.6 is 6.04 Å². The number of alkyl halides is 3. The molecule has 2 nitrogen and oxygen atoms in total. The van der Waals surface area contributed by atoms with Crippen LogP contribution in [0, 0.1) is 11.6 Å². The molecule has 0 atom stereocenters. The first kappa shape index (κ1) is 17.2. The van der Waals surface area contributed by atoms with Gasteiger partial charge in [-0.1, -0.05) is 23.9 Å². The van der Waals surface area contributed by atoms with Crippen LogP contribution < -0.4 is 14.8 Å². The first-order valence-corrected chi connectivity index (χ1v) is 10.3. The average Bonchev–Trinajstić information content (AvgIpc) is 2.44. The van der Waals surface area contributed by atoms with E-state index in [2.05, 4.69) is 0 Å². The Kier molecular flexibility index (Phi) is 3.88. The number of para-hydroxylation sites is 2. The van der Waals surface area contributed by atoms with Crippen molar-refractivity contribution >= 4 is 23.1 Å². The van der Waals surface area contributed by atoms with E-state index in [9.17, 15) is 22.0 Å². The standard InChI is InChI=1S/C15H10F5O2PS/c1-23(2,24)14-11(17)10(16)9(15(18,19)20)12-13(14)22-8-6-4-3-5-7(8)21-12/h3-6H,1-2H3. The zero-order valence-corrected chi connectivity index (χ0v) is 14.1. The van der Waals surface area contributed by atoms with Gasteiger partial charge in [0.15, 0.2) is 34.6 Å². The lowest BCUT2D eigenvalue weighted by Gasteiger charge is -2.28. The fourth-order valence-electron chi connectivity index (χ4n) is 2.40. The highest BCUT2D eigenvalue weighted by Crippen LogP contribution is 2.55. The minimum atomic E-state index is -5.16. The summed E-state index contributed by atoms with van der Waals surface area (Å²) in [6.07, 6.45) is -5.16. The fraction of sp³-hybridized carbons (Fsp3) is 0.200. The molecule has 0 spiro atoms. The Morgan fingerprint density at radius 2 is 1.42 bits per heavy atom. The Balaban J connectivity index is 2.41. The van der Waals surface area contributed by atoms with E-state index in [0.717, 1.165) is 0 Å². The molecule has 2 aromatic rings. The Hall–Kier alpha value is -1.66. The van der Waals surface area contributed by atoms with E-state index >= 15 is 0 Å². The molecule has 1 aliphatic heterocycles. The Morgan fingerprint density at radius 1 is 0.917 bits per heavy atom. The number of benzene rings is 2. The van der Waals surface area contributed by atoms with Gasteiger partial charge in [0, 0.05) is 0 Å². The number of fused-ring (bicyclic) bond motifs is 2. The highest BCUT2D eigenvalue weighted by Gasteiger charge is 2.45. The van der Waals surface area contributed by atoms with Crippen molar-refractivity contribution in [3.05, 3.63) is 41.5 Å². The van der Waals surface area contributed by atoms with Gasteiger partial charge < -0.3 is 9.47 Å². The van der Waals surface area contributed by atoms with E-state index in [4.69, 9.17) is 21.3 Å². The molecule has 0 unspecified atom stereocenters. The van der Waals surface area contributed by atoms with Crippen molar-refractivity contribution in [1.82, 2.24) is 0 Å². The number of hydrogen-bond acceptors (Lipinski definition) is 3. The summed E-state index contributed by atoms with van der Waals surface area (Å²) in [6.45, 7) is 2.94. The van der Waals surface area contributed by atoms with Crippen molar-refractivity contribution < 1.29 is 31.4 Å². The Morgan fingerprint density at radius 3 is 1.88 bits per heavy atom. The predicted octanol–water partition coefficient (Wildman–Crippen LogP) is 5.25. The van der Waals surface area contributed by atoms with Gasteiger partial charge in [-0.3, -0.25) is 0 Å². The Labute approximate surface area is 139 Å². The predicted molar refractivity (Wildman–Crippen MR) is 83.7 cm³/mol. The molecule has 0 aliphatic carbocycles. The van der Waals surface area contributed by atoms with Crippen molar-refractivity contribution in [2.45, 2.75) is 6.18 Å². The summed E-state index contributed by atoms with van der Waals surface area (Å²) < 4.78 is 79.0. The summed E-state index contributed by atoms with van der Waals surface area (Å²) in [5.74, 6) is -4.99. The van der Waals surface area contributed by atoms with Crippen LogP contribution in [0.1, 0.15) is 5.56 Å². The maximum Gasteiger partial charge on any atom is 0.423 e. The molecule has 1 heterocycles. The van der Waals surface area contributed by atoms with Gasteiger partial charge in [-0.2, -0.15) is 13.2 Å². The van der Waals surface area contributed by atoms with Crippen molar-refractivity contribution in [3.63, 3.8) is 0 Å². The monoisotopic (exact) mass is 380 g/mol. The van der Waals surface area contributed by atoms with Crippen LogP contribution in [0.2, 0.25) is 0 Å². The molecule has 0 N–H and O–H groups in total. The summed E-state index contributed by atoms with van der Waals surface area (Å²) in [5.41, 5.74) is -1.84. The minimum Gasteiger partial charge on any atom is -0.449 e. The van der Waals surface area contributed by atoms with Gasteiger partial charge in [-0.15, -0.1) is 0 Å². The second kappa shape index (κ2) is 5.43. The van der Waals surface area contributed by atoms with Crippen molar-refractivity contribution in [1.29, 1.82) is 0 Å². The molecule has 0 saturated carbocycles. The normalized spacial score (nSPS) is 13.6. The van der Waals surface area contributed by atoms with Gasteiger partial charge in [0.1, 0.15) is 5.56 Å². The lowest BCUT2D eigenvalue weighted by molar-refractivity contribution is -0.141. The van der Waals surface area contributed by atoms with Gasteiger partial charge in [0.05, 0.1) is 5.30 Å². The lowest BCUT2D eigenvalue weighted by Crippen LogP contribution is -2.23. The molecule has 1 aliphatic rings. The highest BCUT2D eigenvalue weighted by molar-refractivity contribution is 8.17. The summed E-state index contributed by atoms with van der Waals surface area (Å²) >= 11 is 5.21. The summed E-state index contributed by atoms with van der Waals surface area (Å²) in [5, 5.41) is -0.382. The van der Waals surface area contributed by atoms with E-state index in [-0.39, 0.29) is 16.8 Å². The van der Waals surface area contributed by atoms with Gasteiger partial charge in [-0.05, 0) is 31.5 Å². The SMILES string of the molecule is CP(C)(=S)c1c(F)c(F)c(C(F)(F)F)c2c1Oc1ccccc1O2. The van der Waals surface area contributed by atoms with Crippen molar-refractivity contribution in [2.75, 3.05) is 13.3 Å². The van der Waals surface area contributed by atoms with Crippen LogP contribution in [-0.4, -0.2) is 13.3 Å². The highest BCUT2D eigenvalue weighted by atomic mass is 32.4. The first-order valence-electron chi connectivity index (χ1n) is 6.64. The van der Waals surface area contributed by atoms with Gasteiger partial charge >= 0.3 is 6.18 Å². The van der Waals surface area contributed by atoms with Gasteiger partial charge in [-0.25, -0.2) is 8.78 Å². The third-order valence-electron chi connectivity index (χ3n) is 3.36. The van der Waals surface area contributed by atoms with Crippen molar-refractivity contribution in [2.24, 2.45) is 0 Å². The van der Waals surface area contributed by atoms with Crippen LogP contribution in [-0.2, 0) is 18.0 Å². The molecule has 2 aromatic carbocycles. The molecule has 0 saturated heterocycles. The van der Waals surface area contributed by atoms with Gasteiger partial charge in [0.25, 0.3) is 0 Å². The number of halogens is 5. The lowest BCUT2D eigenvalue weighted by atomic mass is 10.1. The third kappa shape index (κ3) is 2.67. The van der Waals surface area contributed by atoms with E-state index in [1.165, 1.54) is 31.5 Å². The van der Waals surface area contributed by atoms with E-state index in [1.54, 1.807) is 6.07 Å². The zero-order chi connectivity index (χ0) is 17.9. The minimum absolute atomic E-state index is 0.0204. The quantitative estimate of drug-likeness (QED) is 0.425. The van der Waals surface area contributed by atoms with Gasteiger partial charge in [0.2, 0.25) is 0 Å². The molecule has 128 valence electrons. The molecular formula is C15H10F5O2PS. The fourth-order valence-corrected chi connectivity index (χ4v) is 4.10.